The minimum absolute atomic E-state index is 0.366. The molecule has 1 saturated heterocycles. The van der Waals surface area contributed by atoms with E-state index in [-0.39, 0.29) is 0 Å². The van der Waals surface area contributed by atoms with E-state index in [1.54, 1.807) is 12.4 Å². The summed E-state index contributed by atoms with van der Waals surface area (Å²) < 4.78 is 1.83. The summed E-state index contributed by atoms with van der Waals surface area (Å²) in [6.07, 6.45) is 5.56. The Kier molecular flexibility index (Phi) is 4.93. The summed E-state index contributed by atoms with van der Waals surface area (Å²) in [7, 11) is 0. The van der Waals surface area contributed by atoms with E-state index in [0.717, 1.165) is 66.3 Å². The molecule has 1 N–H and O–H groups in total. The van der Waals surface area contributed by atoms with Gasteiger partial charge in [0.15, 0.2) is 5.82 Å². The summed E-state index contributed by atoms with van der Waals surface area (Å²) in [5, 5.41) is 8.03. The van der Waals surface area contributed by atoms with Crippen LogP contribution in [0, 0.1) is 27.7 Å². The largest absolute Gasteiger partial charge is 0.366 e. The SMILES string of the molecule is Cc1cc(N2CCC(Nc3cncc(-n4nc(C)cc4C)n3)CC2)nc(C)n1. The van der Waals surface area contributed by atoms with Gasteiger partial charge in [-0.2, -0.15) is 5.10 Å². The highest BCUT2D eigenvalue weighted by Crippen LogP contribution is 2.21. The lowest BCUT2D eigenvalue weighted by Crippen LogP contribution is -2.39. The first-order valence-corrected chi connectivity index (χ1v) is 9.67. The molecule has 4 rings (SSSR count). The molecule has 0 saturated carbocycles. The van der Waals surface area contributed by atoms with E-state index in [0.29, 0.717) is 6.04 Å². The second-order valence-electron chi connectivity index (χ2n) is 7.42. The van der Waals surface area contributed by atoms with Crippen LogP contribution in [-0.4, -0.2) is 48.8 Å². The number of nitrogens with zero attached hydrogens (tertiary/aromatic N) is 7. The third-order valence-corrected chi connectivity index (χ3v) is 4.97. The molecule has 1 aliphatic heterocycles. The van der Waals surface area contributed by atoms with Crippen LogP contribution in [0.4, 0.5) is 11.6 Å². The Morgan fingerprint density at radius 3 is 2.36 bits per heavy atom. The van der Waals surface area contributed by atoms with Crippen molar-refractivity contribution in [2.75, 3.05) is 23.3 Å². The molecule has 28 heavy (non-hydrogen) atoms. The summed E-state index contributed by atoms with van der Waals surface area (Å²) in [5.74, 6) is 3.37. The fraction of sp³-hybridized carbons (Fsp3) is 0.450. The molecule has 4 heterocycles. The van der Waals surface area contributed by atoms with Crippen LogP contribution in [0.25, 0.3) is 5.82 Å². The van der Waals surface area contributed by atoms with Crippen molar-refractivity contribution in [3.63, 3.8) is 0 Å². The zero-order valence-electron chi connectivity index (χ0n) is 16.8. The molecule has 3 aromatic rings. The summed E-state index contributed by atoms with van der Waals surface area (Å²) in [6, 6.07) is 4.46. The van der Waals surface area contributed by atoms with Gasteiger partial charge >= 0.3 is 0 Å². The molecular weight excluding hydrogens is 352 g/mol. The highest BCUT2D eigenvalue weighted by Gasteiger charge is 2.21. The lowest BCUT2D eigenvalue weighted by Gasteiger charge is -2.33. The number of rotatable bonds is 4. The number of nitrogens with one attached hydrogen (secondary N) is 1. The van der Waals surface area contributed by atoms with Crippen molar-refractivity contribution < 1.29 is 0 Å². The highest BCUT2D eigenvalue weighted by atomic mass is 15.3. The van der Waals surface area contributed by atoms with Crippen molar-refractivity contribution in [1.29, 1.82) is 0 Å². The summed E-state index contributed by atoms with van der Waals surface area (Å²) in [5.41, 5.74) is 3.03. The predicted octanol–water partition coefficient (Wildman–Crippen LogP) is 2.77. The van der Waals surface area contributed by atoms with Gasteiger partial charge in [-0.3, -0.25) is 4.98 Å². The number of hydrogen-bond donors (Lipinski definition) is 1. The molecular formula is C20H26N8. The fourth-order valence-corrected chi connectivity index (χ4v) is 3.71. The van der Waals surface area contributed by atoms with E-state index in [1.165, 1.54) is 0 Å². The van der Waals surface area contributed by atoms with Crippen molar-refractivity contribution in [1.82, 2.24) is 29.7 Å². The zero-order valence-corrected chi connectivity index (χ0v) is 16.8. The first-order valence-electron chi connectivity index (χ1n) is 9.67. The predicted molar refractivity (Wildman–Crippen MR) is 109 cm³/mol. The second kappa shape index (κ2) is 7.53. The Bertz CT molecular complexity index is 952. The van der Waals surface area contributed by atoms with Gasteiger partial charge in [0, 0.05) is 36.6 Å². The summed E-state index contributed by atoms with van der Waals surface area (Å²) >= 11 is 0. The van der Waals surface area contributed by atoms with Crippen LogP contribution in [0.15, 0.2) is 24.5 Å². The molecule has 0 radical (unpaired) electrons. The maximum atomic E-state index is 4.70. The van der Waals surface area contributed by atoms with Crippen molar-refractivity contribution in [3.8, 4) is 5.82 Å². The van der Waals surface area contributed by atoms with E-state index < -0.39 is 0 Å². The standard InChI is InChI=1S/C20H26N8/c1-13-10-19(23-16(4)22-13)27-7-5-17(6-8-27)24-18-11-21-12-20(25-18)28-15(3)9-14(2)26-28/h9-12,17H,5-8H2,1-4H3,(H,24,25). The van der Waals surface area contributed by atoms with Gasteiger partial charge in [-0.05, 0) is 46.6 Å². The molecule has 146 valence electrons. The molecule has 3 aromatic heterocycles. The highest BCUT2D eigenvalue weighted by molar-refractivity contribution is 5.42. The number of aromatic nitrogens is 6. The Balaban J connectivity index is 1.41. The fourth-order valence-electron chi connectivity index (χ4n) is 3.71. The Hall–Kier alpha value is -3.03. The van der Waals surface area contributed by atoms with Gasteiger partial charge in [0.05, 0.1) is 18.1 Å². The molecule has 1 aliphatic rings. The van der Waals surface area contributed by atoms with Crippen molar-refractivity contribution in [2.24, 2.45) is 0 Å². The maximum absolute atomic E-state index is 4.70. The molecule has 0 bridgehead atoms. The Labute approximate surface area is 165 Å². The van der Waals surface area contributed by atoms with Crippen LogP contribution >= 0.6 is 0 Å². The maximum Gasteiger partial charge on any atom is 0.174 e. The normalized spacial score (nSPS) is 15.1. The number of aryl methyl sites for hydroxylation is 4. The Morgan fingerprint density at radius 1 is 0.893 bits per heavy atom. The van der Waals surface area contributed by atoms with Gasteiger partial charge in [0.1, 0.15) is 17.5 Å². The topological polar surface area (TPSA) is 84.7 Å². The van der Waals surface area contributed by atoms with Crippen LogP contribution in [0.1, 0.15) is 35.7 Å². The first-order chi connectivity index (χ1) is 13.5. The van der Waals surface area contributed by atoms with E-state index in [4.69, 9.17) is 4.98 Å². The van der Waals surface area contributed by atoms with Gasteiger partial charge in [0.2, 0.25) is 0 Å². The third-order valence-electron chi connectivity index (χ3n) is 4.97. The quantitative estimate of drug-likeness (QED) is 0.747. The van der Waals surface area contributed by atoms with Crippen LogP contribution in [0.2, 0.25) is 0 Å². The van der Waals surface area contributed by atoms with Crippen molar-refractivity contribution in [3.05, 3.63) is 47.4 Å². The minimum Gasteiger partial charge on any atom is -0.366 e. The van der Waals surface area contributed by atoms with Crippen LogP contribution < -0.4 is 10.2 Å². The van der Waals surface area contributed by atoms with Crippen LogP contribution in [0.5, 0.6) is 0 Å². The van der Waals surface area contributed by atoms with E-state index in [1.807, 2.05) is 38.4 Å². The molecule has 0 aliphatic carbocycles. The van der Waals surface area contributed by atoms with Gasteiger partial charge in [0.25, 0.3) is 0 Å². The Morgan fingerprint density at radius 2 is 1.68 bits per heavy atom. The molecule has 0 atom stereocenters. The smallest absolute Gasteiger partial charge is 0.174 e. The van der Waals surface area contributed by atoms with E-state index >= 15 is 0 Å². The molecule has 0 unspecified atom stereocenters. The number of anilines is 2. The van der Waals surface area contributed by atoms with E-state index in [9.17, 15) is 0 Å². The third kappa shape index (κ3) is 3.95. The van der Waals surface area contributed by atoms with Gasteiger partial charge in [-0.1, -0.05) is 0 Å². The summed E-state index contributed by atoms with van der Waals surface area (Å²) in [4.78, 5) is 20.3. The molecule has 8 heteroatoms. The van der Waals surface area contributed by atoms with Gasteiger partial charge < -0.3 is 10.2 Å². The van der Waals surface area contributed by atoms with Crippen molar-refractivity contribution >= 4 is 11.6 Å². The van der Waals surface area contributed by atoms with Crippen LogP contribution in [0.3, 0.4) is 0 Å². The zero-order chi connectivity index (χ0) is 19.7. The van der Waals surface area contributed by atoms with Crippen LogP contribution in [-0.2, 0) is 0 Å². The average molecular weight is 378 g/mol. The number of hydrogen-bond acceptors (Lipinski definition) is 7. The first kappa shape index (κ1) is 18.3. The number of piperidine rings is 1. The molecule has 0 spiro atoms. The second-order valence-corrected chi connectivity index (χ2v) is 7.42. The monoisotopic (exact) mass is 378 g/mol. The molecule has 0 amide bonds. The lowest BCUT2D eigenvalue weighted by molar-refractivity contribution is 0.521. The van der Waals surface area contributed by atoms with Gasteiger partial charge in [-0.15, -0.1) is 0 Å². The lowest BCUT2D eigenvalue weighted by atomic mass is 10.1. The molecule has 0 aromatic carbocycles. The summed E-state index contributed by atoms with van der Waals surface area (Å²) in [6.45, 7) is 9.87. The minimum atomic E-state index is 0.366. The van der Waals surface area contributed by atoms with Crippen molar-refractivity contribution in [2.45, 2.75) is 46.6 Å². The van der Waals surface area contributed by atoms with Gasteiger partial charge in [-0.25, -0.2) is 19.6 Å². The van der Waals surface area contributed by atoms with E-state index in [2.05, 4.69) is 36.3 Å². The average Bonchev–Trinajstić information content (AvgIpc) is 3.00. The molecule has 1 fully saturated rings. The molecule has 8 nitrogen and oxygen atoms in total.